The van der Waals surface area contributed by atoms with E-state index in [1.807, 2.05) is 11.4 Å². The molecule has 0 saturated carbocycles. The van der Waals surface area contributed by atoms with Crippen LogP contribution in [0, 0.1) is 0 Å². The first-order valence-electron chi connectivity index (χ1n) is 8.84. The van der Waals surface area contributed by atoms with Crippen molar-refractivity contribution in [2.24, 2.45) is 0 Å². The molecule has 1 aliphatic rings. The average Bonchev–Trinajstić information content (AvgIpc) is 3.13. The number of nitrogens with zero attached hydrogens (tertiary/aromatic N) is 1. The lowest BCUT2D eigenvalue weighted by atomic mass is 10.1. The number of hydrogen-bond donors (Lipinski definition) is 2. The Bertz CT molecular complexity index is 851. The maximum absolute atomic E-state index is 12.7. The van der Waals surface area contributed by atoms with Crippen LogP contribution in [0.5, 0.6) is 0 Å². The van der Waals surface area contributed by atoms with E-state index in [1.54, 1.807) is 16.2 Å². The van der Waals surface area contributed by atoms with Gasteiger partial charge >= 0.3 is 6.18 Å². The van der Waals surface area contributed by atoms with E-state index in [9.17, 15) is 22.8 Å². The number of hydrogen-bond acceptors (Lipinski definition) is 4. The maximum Gasteiger partial charge on any atom is 0.416 e. The number of carbonyl (C=O) groups is 2. The van der Waals surface area contributed by atoms with Gasteiger partial charge in [0.25, 0.3) is 0 Å². The van der Waals surface area contributed by atoms with Crippen molar-refractivity contribution >= 4 is 28.8 Å². The van der Waals surface area contributed by atoms with Crippen molar-refractivity contribution in [1.82, 2.24) is 10.2 Å². The highest BCUT2D eigenvalue weighted by atomic mass is 32.1. The van der Waals surface area contributed by atoms with E-state index in [2.05, 4.69) is 10.6 Å². The van der Waals surface area contributed by atoms with Crippen LogP contribution in [-0.4, -0.2) is 36.3 Å². The van der Waals surface area contributed by atoms with Crippen LogP contribution in [0.15, 0.2) is 35.7 Å². The Hall–Kier alpha value is -2.55. The minimum Gasteiger partial charge on any atom is -0.376 e. The molecule has 1 aromatic carbocycles. The Kier molecular flexibility index (Phi) is 6.23. The summed E-state index contributed by atoms with van der Waals surface area (Å²) >= 11 is 1.70. The highest BCUT2D eigenvalue weighted by Gasteiger charge is 2.30. The van der Waals surface area contributed by atoms with Crippen LogP contribution in [0.25, 0.3) is 0 Å². The molecule has 1 aliphatic heterocycles. The van der Waals surface area contributed by atoms with Crippen molar-refractivity contribution in [1.29, 1.82) is 0 Å². The van der Waals surface area contributed by atoms with E-state index >= 15 is 0 Å². The molecule has 5 nitrogen and oxygen atoms in total. The molecule has 0 spiro atoms. The van der Waals surface area contributed by atoms with Gasteiger partial charge < -0.3 is 15.5 Å². The third kappa shape index (κ3) is 5.25. The fraction of sp³-hybridized carbons (Fsp3) is 0.368. The number of fused-ring (bicyclic) bond motifs is 1. The van der Waals surface area contributed by atoms with E-state index < -0.39 is 11.7 Å². The molecule has 0 bridgehead atoms. The summed E-state index contributed by atoms with van der Waals surface area (Å²) in [4.78, 5) is 27.2. The standard InChI is InChI=1S/C19H20F3N3O2S/c20-19(21,22)14-2-1-3-15(10-14)24-11-17(26)23-7-4-18(27)25-8-5-16-13(12-25)6-9-28-16/h1-3,6,9-10,24H,4-5,7-8,11-12H2,(H,23,26). The first-order chi connectivity index (χ1) is 13.3. The molecule has 3 rings (SSSR count). The van der Waals surface area contributed by atoms with Crippen LogP contribution in [0.2, 0.25) is 0 Å². The third-order valence-electron chi connectivity index (χ3n) is 4.46. The molecule has 0 atom stereocenters. The van der Waals surface area contributed by atoms with Crippen molar-refractivity contribution in [3.05, 3.63) is 51.7 Å². The zero-order valence-electron chi connectivity index (χ0n) is 15.0. The van der Waals surface area contributed by atoms with Crippen molar-refractivity contribution in [3.63, 3.8) is 0 Å². The fourth-order valence-electron chi connectivity index (χ4n) is 2.98. The number of nitrogens with one attached hydrogen (secondary N) is 2. The van der Waals surface area contributed by atoms with E-state index in [1.165, 1.54) is 22.6 Å². The second-order valence-electron chi connectivity index (χ2n) is 6.47. The predicted molar refractivity (Wildman–Crippen MR) is 101 cm³/mol. The molecule has 0 radical (unpaired) electrons. The summed E-state index contributed by atoms with van der Waals surface area (Å²) in [6.07, 6.45) is -3.39. The molecule has 0 saturated heterocycles. The van der Waals surface area contributed by atoms with Gasteiger partial charge in [0, 0.05) is 36.6 Å². The summed E-state index contributed by atoms with van der Waals surface area (Å²) in [5.74, 6) is -0.410. The van der Waals surface area contributed by atoms with Crippen molar-refractivity contribution < 1.29 is 22.8 Å². The van der Waals surface area contributed by atoms with Gasteiger partial charge in [0.05, 0.1) is 12.1 Å². The number of halogens is 3. The summed E-state index contributed by atoms with van der Waals surface area (Å²) in [6.45, 7) is 1.30. The van der Waals surface area contributed by atoms with E-state index in [4.69, 9.17) is 0 Å². The van der Waals surface area contributed by atoms with Crippen molar-refractivity contribution in [2.45, 2.75) is 25.6 Å². The zero-order valence-corrected chi connectivity index (χ0v) is 15.8. The Morgan fingerprint density at radius 1 is 1.21 bits per heavy atom. The number of benzene rings is 1. The summed E-state index contributed by atoms with van der Waals surface area (Å²) < 4.78 is 38.1. The van der Waals surface area contributed by atoms with Crippen LogP contribution in [0.4, 0.5) is 18.9 Å². The van der Waals surface area contributed by atoms with Crippen molar-refractivity contribution in [2.75, 3.05) is 25.0 Å². The SMILES string of the molecule is O=C(CNc1cccc(C(F)(F)F)c1)NCCC(=O)N1CCc2sccc2C1. The number of thiophene rings is 1. The highest BCUT2D eigenvalue weighted by molar-refractivity contribution is 7.10. The van der Waals surface area contributed by atoms with Gasteiger partial charge in [-0.1, -0.05) is 6.07 Å². The van der Waals surface area contributed by atoms with Gasteiger partial charge in [-0.15, -0.1) is 11.3 Å². The largest absolute Gasteiger partial charge is 0.416 e. The topological polar surface area (TPSA) is 61.4 Å². The summed E-state index contributed by atoms with van der Waals surface area (Å²) in [7, 11) is 0. The second-order valence-corrected chi connectivity index (χ2v) is 7.47. The molecule has 0 fully saturated rings. The smallest absolute Gasteiger partial charge is 0.376 e. The Labute approximate surface area is 164 Å². The van der Waals surface area contributed by atoms with Gasteiger partial charge in [-0.2, -0.15) is 13.2 Å². The number of alkyl halides is 3. The highest BCUT2D eigenvalue weighted by Crippen LogP contribution is 2.30. The average molecular weight is 411 g/mol. The van der Waals surface area contributed by atoms with Gasteiger partial charge in [0.15, 0.2) is 0 Å². The molecule has 28 heavy (non-hydrogen) atoms. The third-order valence-corrected chi connectivity index (χ3v) is 5.49. The van der Waals surface area contributed by atoms with Crippen LogP contribution in [0.1, 0.15) is 22.4 Å². The molecular formula is C19H20F3N3O2S. The first kappa shape index (κ1) is 20.2. The minimum atomic E-state index is -4.43. The molecule has 0 aliphatic carbocycles. The number of rotatable bonds is 6. The monoisotopic (exact) mass is 411 g/mol. The van der Waals surface area contributed by atoms with Gasteiger partial charge in [-0.3, -0.25) is 9.59 Å². The lowest BCUT2D eigenvalue weighted by Crippen LogP contribution is -2.38. The van der Waals surface area contributed by atoms with Gasteiger partial charge in [0.1, 0.15) is 0 Å². The lowest BCUT2D eigenvalue weighted by molar-refractivity contribution is -0.137. The quantitative estimate of drug-likeness (QED) is 0.767. The number of carbonyl (C=O) groups excluding carboxylic acids is 2. The van der Waals surface area contributed by atoms with Crippen LogP contribution in [-0.2, 0) is 28.7 Å². The zero-order chi connectivity index (χ0) is 20.1. The van der Waals surface area contributed by atoms with Crippen molar-refractivity contribution in [3.8, 4) is 0 Å². The van der Waals surface area contributed by atoms with E-state index in [-0.39, 0.29) is 37.0 Å². The minimum absolute atomic E-state index is 0.0250. The Balaban J connectivity index is 1.39. The molecule has 150 valence electrons. The summed E-state index contributed by atoms with van der Waals surface area (Å²) in [5.41, 5.74) is 0.610. The van der Waals surface area contributed by atoms with Crippen LogP contribution < -0.4 is 10.6 Å². The number of amides is 2. The second kappa shape index (κ2) is 8.64. The molecule has 0 unspecified atom stereocenters. The molecule has 2 heterocycles. The molecule has 2 N–H and O–H groups in total. The Morgan fingerprint density at radius 2 is 2.04 bits per heavy atom. The number of anilines is 1. The van der Waals surface area contributed by atoms with Gasteiger partial charge in [0.2, 0.25) is 11.8 Å². The van der Waals surface area contributed by atoms with E-state index in [0.717, 1.165) is 18.6 Å². The lowest BCUT2D eigenvalue weighted by Gasteiger charge is -2.27. The Morgan fingerprint density at radius 3 is 2.82 bits per heavy atom. The first-order valence-corrected chi connectivity index (χ1v) is 9.72. The summed E-state index contributed by atoms with van der Waals surface area (Å²) in [6, 6.07) is 6.68. The van der Waals surface area contributed by atoms with Gasteiger partial charge in [-0.25, -0.2) is 0 Å². The predicted octanol–water partition coefficient (Wildman–Crippen LogP) is 3.27. The summed E-state index contributed by atoms with van der Waals surface area (Å²) in [5, 5.41) is 7.30. The molecular weight excluding hydrogens is 391 g/mol. The van der Waals surface area contributed by atoms with Crippen LogP contribution >= 0.6 is 11.3 Å². The van der Waals surface area contributed by atoms with Gasteiger partial charge in [-0.05, 0) is 41.6 Å². The normalized spacial score (nSPS) is 13.8. The van der Waals surface area contributed by atoms with Crippen LogP contribution in [0.3, 0.4) is 0 Å². The molecule has 2 amide bonds. The molecule has 1 aromatic heterocycles. The van der Waals surface area contributed by atoms with E-state index in [0.29, 0.717) is 13.1 Å². The maximum atomic E-state index is 12.7. The molecule has 9 heteroatoms. The molecule has 2 aromatic rings. The fourth-order valence-corrected chi connectivity index (χ4v) is 3.87.